The van der Waals surface area contributed by atoms with Crippen LogP contribution in [0.25, 0.3) is 55.7 Å². The second-order valence-corrected chi connectivity index (χ2v) is 10.0. The zero-order valence-electron chi connectivity index (χ0n) is 22.1. The molecule has 42 heavy (non-hydrogen) atoms. The predicted octanol–water partition coefficient (Wildman–Crippen LogP) is 6.05. The Bertz CT molecular complexity index is 2040. The van der Waals surface area contributed by atoms with Crippen molar-refractivity contribution in [2.45, 2.75) is 12.6 Å². The number of hydrogen-bond donors (Lipinski definition) is 5. The van der Waals surface area contributed by atoms with Crippen molar-refractivity contribution in [3.8, 4) is 39.4 Å². The molecule has 0 spiro atoms. The van der Waals surface area contributed by atoms with E-state index in [4.69, 9.17) is 0 Å². The van der Waals surface area contributed by atoms with Crippen molar-refractivity contribution in [1.29, 1.82) is 0 Å². The molecule has 7 aromatic rings. The minimum atomic E-state index is -0.776. The molecule has 0 fully saturated rings. The van der Waals surface area contributed by atoms with Gasteiger partial charge in [-0.3, -0.25) is 10.1 Å². The number of phenolic OH excluding ortho intramolecular Hbond substituents is 1. The normalized spacial score (nSPS) is 12.1. The maximum absolute atomic E-state index is 14.0. The zero-order valence-corrected chi connectivity index (χ0v) is 22.1. The Labute approximate surface area is 238 Å². The summed E-state index contributed by atoms with van der Waals surface area (Å²) < 4.78 is 14.0. The van der Waals surface area contributed by atoms with Crippen molar-refractivity contribution in [2.75, 3.05) is 5.32 Å². The fraction of sp³-hybridized carbons (Fsp3) is 0.0625. The van der Waals surface area contributed by atoms with Gasteiger partial charge in [-0.05, 0) is 53.1 Å². The number of nitrogens with zero attached hydrogens (tertiary/aromatic N) is 4. The number of fused-ring (bicyclic) bond motifs is 2. The SMILES string of the molecule is Oc1cc(F)cc(-c2ccnc3[nH]c(-c4n[nH]c5ncc(-c6cncc(NC(O)Cc7ccccc7)c6)cc45)cc23)c1. The van der Waals surface area contributed by atoms with Gasteiger partial charge in [0, 0.05) is 53.0 Å². The van der Waals surface area contributed by atoms with Crippen LogP contribution in [0, 0.1) is 5.82 Å². The van der Waals surface area contributed by atoms with Crippen molar-refractivity contribution in [2.24, 2.45) is 0 Å². The maximum Gasteiger partial charge on any atom is 0.155 e. The number of halogens is 1. The number of anilines is 1. The van der Waals surface area contributed by atoms with Gasteiger partial charge in [0.15, 0.2) is 5.65 Å². The standard InChI is InChI=1S/C32H24FN7O2/c33-22-9-19(11-24(41)13-22)25-6-7-35-31-26(25)14-28(38-31)30-27-12-21(16-36-32(27)40-39-30)20-10-23(17-34-15-20)37-29(42)8-18-4-2-1-3-5-18/h1-7,9-17,29,37,41-42H,8H2,(H,35,38)(H,36,39,40). The predicted molar refractivity (Wildman–Crippen MR) is 159 cm³/mol. The second kappa shape index (κ2) is 10.4. The number of H-pyrrole nitrogens is 2. The van der Waals surface area contributed by atoms with E-state index >= 15 is 0 Å². The zero-order chi connectivity index (χ0) is 28.6. The minimum absolute atomic E-state index is 0.151. The van der Waals surface area contributed by atoms with Gasteiger partial charge < -0.3 is 20.5 Å². The largest absolute Gasteiger partial charge is 0.508 e. The Balaban J connectivity index is 1.21. The summed E-state index contributed by atoms with van der Waals surface area (Å²) in [5, 5.41) is 32.7. The number of phenols is 1. The summed E-state index contributed by atoms with van der Waals surface area (Å²) in [6.45, 7) is 0. The van der Waals surface area contributed by atoms with E-state index < -0.39 is 12.0 Å². The number of hydrogen-bond acceptors (Lipinski definition) is 7. The molecule has 5 aromatic heterocycles. The molecule has 0 aliphatic heterocycles. The van der Waals surface area contributed by atoms with Gasteiger partial charge in [-0.2, -0.15) is 5.10 Å². The fourth-order valence-electron chi connectivity index (χ4n) is 5.16. The molecule has 0 saturated carbocycles. The Morgan fingerprint density at radius 1 is 0.833 bits per heavy atom. The number of aromatic nitrogens is 6. The lowest BCUT2D eigenvalue weighted by Crippen LogP contribution is -2.21. The van der Waals surface area contributed by atoms with E-state index in [0.717, 1.165) is 39.1 Å². The number of aliphatic hydroxyl groups excluding tert-OH is 1. The molecule has 1 atom stereocenters. The average Bonchev–Trinajstić information content (AvgIpc) is 3.61. The van der Waals surface area contributed by atoms with E-state index in [9.17, 15) is 14.6 Å². The van der Waals surface area contributed by atoms with E-state index in [1.807, 2.05) is 48.5 Å². The van der Waals surface area contributed by atoms with E-state index in [2.05, 4.69) is 35.5 Å². The van der Waals surface area contributed by atoms with Crippen LogP contribution in [0.1, 0.15) is 5.56 Å². The molecule has 206 valence electrons. The van der Waals surface area contributed by atoms with Gasteiger partial charge in [0.05, 0.1) is 17.6 Å². The van der Waals surface area contributed by atoms with Crippen LogP contribution in [0.5, 0.6) is 5.75 Å². The minimum Gasteiger partial charge on any atom is -0.508 e. The molecular formula is C32H24FN7O2. The molecule has 0 bridgehead atoms. The third-order valence-corrected chi connectivity index (χ3v) is 7.07. The van der Waals surface area contributed by atoms with Crippen molar-refractivity contribution in [3.05, 3.63) is 109 Å². The topological polar surface area (TPSA) is 136 Å². The van der Waals surface area contributed by atoms with Gasteiger partial charge in [0.1, 0.15) is 29.1 Å². The molecule has 1 unspecified atom stereocenters. The molecule has 0 saturated heterocycles. The first-order valence-electron chi connectivity index (χ1n) is 13.3. The first-order valence-corrected chi connectivity index (χ1v) is 13.3. The van der Waals surface area contributed by atoms with Crippen LogP contribution < -0.4 is 5.32 Å². The maximum atomic E-state index is 14.0. The summed E-state index contributed by atoms with van der Waals surface area (Å²) in [7, 11) is 0. The highest BCUT2D eigenvalue weighted by Gasteiger charge is 2.16. The summed E-state index contributed by atoms with van der Waals surface area (Å²) >= 11 is 0. The van der Waals surface area contributed by atoms with Crippen LogP contribution in [-0.2, 0) is 6.42 Å². The molecule has 5 heterocycles. The molecule has 0 aliphatic rings. The van der Waals surface area contributed by atoms with Gasteiger partial charge in [-0.1, -0.05) is 30.3 Å². The summed E-state index contributed by atoms with van der Waals surface area (Å²) in [6.07, 6.45) is 6.46. The number of pyridine rings is 3. The molecule has 0 amide bonds. The van der Waals surface area contributed by atoms with Crippen LogP contribution in [0.15, 0.2) is 97.6 Å². The molecule has 10 heteroatoms. The molecule has 7 rings (SSSR count). The van der Waals surface area contributed by atoms with E-state index in [0.29, 0.717) is 40.4 Å². The summed E-state index contributed by atoms with van der Waals surface area (Å²) in [5.41, 5.74) is 7.16. The number of nitrogens with one attached hydrogen (secondary N) is 3. The molecular weight excluding hydrogens is 533 g/mol. The Hall–Kier alpha value is -5.61. The van der Waals surface area contributed by atoms with Gasteiger partial charge in [-0.25, -0.2) is 14.4 Å². The van der Waals surface area contributed by atoms with Crippen LogP contribution in [0.3, 0.4) is 0 Å². The van der Waals surface area contributed by atoms with Crippen molar-refractivity contribution < 1.29 is 14.6 Å². The molecule has 2 aromatic carbocycles. The highest BCUT2D eigenvalue weighted by atomic mass is 19.1. The average molecular weight is 558 g/mol. The van der Waals surface area contributed by atoms with Gasteiger partial charge in [-0.15, -0.1) is 0 Å². The number of aliphatic hydroxyl groups is 1. The van der Waals surface area contributed by atoms with Gasteiger partial charge in [0.25, 0.3) is 0 Å². The monoisotopic (exact) mass is 557 g/mol. The second-order valence-electron chi connectivity index (χ2n) is 10.0. The van der Waals surface area contributed by atoms with Crippen LogP contribution >= 0.6 is 0 Å². The lowest BCUT2D eigenvalue weighted by Gasteiger charge is -2.14. The van der Waals surface area contributed by atoms with Gasteiger partial charge >= 0.3 is 0 Å². The number of aromatic hydroxyl groups is 1. The van der Waals surface area contributed by atoms with Gasteiger partial charge in [0.2, 0.25) is 0 Å². The van der Waals surface area contributed by atoms with E-state index in [1.54, 1.807) is 30.9 Å². The highest BCUT2D eigenvalue weighted by Crippen LogP contribution is 2.35. The van der Waals surface area contributed by atoms with Crippen LogP contribution in [-0.4, -0.2) is 46.6 Å². The molecule has 5 N–H and O–H groups in total. The summed E-state index contributed by atoms with van der Waals surface area (Å²) in [5.74, 6) is -0.677. The fourth-order valence-corrected chi connectivity index (χ4v) is 5.16. The first kappa shape index (κ1) is 25.4. The molecule has 0 radical (unpaired) electrons. The van der Waals surface area contributed by atoms with Crippen LogP contribution in [0.2, 0.25) is 0 Å². The Kier molecular flexibility index (Phi) is 6.29. The van der Waals surface area contributed by atoms with Crippen molar-refractivity contribution in [1.82, 2.24) is 30.1 Å². The summed E-state index contributed by atoms with van der Waals surface area (Å²) in [6, 6.07) is 21.3. The van der Waals surface area contributed by atoms with Crippen molar-refractivity contribution >= 4 is 27.8 Å². The molecule has 9 nitrogen and oxygen atoms in total. The van der Waals surface area contributed by atoms with Crippen LogP contribution in [0.4, 0.5) is 10.1 Å². The Morgan fingerprint density at radius 3 is 2.55 bits per heavy atom. The quantitative estimate of drug-likeness (QED) is 0.151. The third kappa shape index (κ3) is 4.91. The third-order valence-electron chi connectivity index (χ3n) is 7.07. The molecule has 0 aliphatic carbocycles. The lowest BCUT2D eigenvalue weighted by molar-refractivity contribution is 0.204. The van der Waals surface area contributed by atoms with E-state index in [1.165, 1.54) is 12.1 Å². The van der Waals surface area contributed by atoms with Crippen molar-refractivity contribution in [3.63, 3.8) is 0 Å². The van der Waals surface area contributed by atoms with E-state index in [-0.39, 0.29) is 5.75 Å². The Morgan fingerprint density at radius 2 is 1.69 bits per heavy atom. The smallest absolute Gasteiger partial charge is 0.155 e. The highest BCUT2D eigenvalue weighted by molar-refractivity contribution is 6.00. The number of aromatic amines is 2. The number of benzene rings is 2. The summed E-state index contributed by atoms with van der Waals surface area (Å²) in [4.78, 5) is 16.7. The number of rotatable bonds is 7. The lowest BCUT2D eigenvalue weighted by atomic mass is 10.0. The first-order chi connectivity index (χ1) is 20.5.